The largest absolute Gasteiger partial charge is 0.497 e. The summed E-state index contributed by atoms with van der Waals surface area (Å²) in [5, 5.41) is 3.21. The second kappa shape index (κ2) is 7.90. The lowest BCUT2D eigenvalue weighted by Gasteiger charge is -2.32. The number of aromatic nitrogens is 2. The molecule has 0 unspecified atom stereocenters. The van der Waals surface area contributed by atoms with Gasteiger partial charge in [-0.05, 0) is 25.0 Å². The van der Waals surface area contributed by atoms with Gasteiger partial charge in [0.25, 0.3) is 0 Å². The van der Waals surface area contributed by atoms with E-state index in [-0.39, 0.29) is 11.9 Å². The number of ether oxygens (including phenoxy) is 2. The molecule has 0 radical (unpaired) electrons. The molecule has 0 amide bonds. The van der Waals surface area contributed by atoms with Crippen molar-refractivity contribution in [3.63, 3.8) is 0 Å². The quantitative estimate of drug-likeness (QED) is 0.785. The highest BCUT2D eigenvalue weighted by molar-refractivity contribution is 5.79. The molecule has 26 heavy (non-hydrogen) atoms. The Morgan fingerprint density at radius 1 is 1.27 bits per heavy atom. The number of methoxy groups -OCH3 is 2. The fraction of sp³-hybridized carbons (Fsp3) is 0.389. The summed E-state index contributed by atoms with van der Waals surface area (Å²) in [6, 6.07) is 7.52. The van der Waals surface area contributed by atoms with Gasteiger partial charge >= 0.3 is 5.97 Å². The molecule has 1 fully saturated rings. The molecular formula is C18H23N5O3. The van der Waals surface area contributed by atoms with Crippen LogP contribution in [0.1, 0.15) is 12.8 Å². The molecule has 0 bridgehead atoms. The van der Waals surface area contributed by atoms with Crippen LogP contribution in [0.2, 0.25) is 0 Å². The van der Waals surface area contributed by atoms with Crippen molar-refractivity contribution in [1.29, 1.82) is 0 Å². The van der Waals surface area contributed by atoms with E-state index >= 15 is 0 Å². The maximum Gasteiger partial charge on any atom is 0.308 e. The average molecular weight is 357 g/mol. The standard InChI is InChI=1S/C18H23N5O3/c1-25-14-5-3-4-13(10-14)22-16-15(19)17(21-11-20-16)23-8-6-12(7-9-23)18(24)26-2/h3-5,10-12H,6-9,19H2,1-2H3,(H,20,21,22). The van der Waals surface area contributed by atoms with Gasteiger partial charge in [0.2, 0.25) is 0 Å². The normalized spacial score (nSPS) is 14.8. The number of carbonyl (C=O) groups excluding carboxylic acids is 1. The lowest BCUT2D eigenvalue weighted by atomic mass is 9.97. The number of nitrogens with zero attached hydrogens (tertiary/aromatic N) is 3. The van der Waals surface area contributed by atoms with E-state index in [1.54, 1.807) is 7.11 Å². The van der Waals surface area contributed by atoms with Gasteiger partial charge in [-0.1, -0.05) is 6.07 Å². The van der Waals surface area contributed by atoms with Gasteiger partial charge < -0.3 is 25.4 Å². The maximum atomic E-state index is 11.7. The Balaban J connectivity index is 1.74. The van der Waals surface area contributed by atoms with E-state index in [2.05, 4.69) is 20.2 Å². The second-order valence-corrected chi connectivity index (χ2v) is 6.10. The summed E-state index contributed by atoms with van der Waals surface area (Å²) >= 11 is 0. The van der Waals surface area contributed by atoms with Gasteiger partial charge in [0.05, 0.1) is 20.1 Å². The van der Waals surface area contributed by atoms with E-state index < -0.39 is 0 Å². The zero-order chi connectivity index (χ0) is 18.5. The predicted octanol–water partition coefficient (Wildman–Crippen LogP) is 2.20. The van der Waals surface area contributed by atoms with Crippen molar-refractivity contribution in [3.05, 3.63) is 30.6 Å². The van der Waals surface area contributed by atoms with Gasteiger partial charge in [-0.3, -0.25) is 4.79 Å². The Morgan fingerprint density at radius 2 is 2.04 bits per heavy atom. The van der Waals surface area contributed by atoms with Crippen molar-refractivity contribution in [2.75, 3.05) is 43.3 Å². The smallest absolute Gasteiger partial charge is 0.308 e. The second-order valence-electron chi connectivity index (χ2n) is 6.10. The van der Waals surface area contributed by atoms with Gasteiger partial charge in [0.15, 0.2) is 11.6 Å². The first-order valence-corrected chi connectivity index (χ1v) is 8.46. The molecule has 8 heteroatoms. The number of hydrogen-bond donors (Lipinski definition) is 2. The van der Waals surface area contributed by atoms with Crippen molar-refractivity contribution in [3.8, 4) is 5.75 Å². The third-order valence-electron chi connectivity index (χ3n) is 4.52. The molecule has 1 aliphatic rings. The van der Waals surface area contributed by atoms with E-state index in [0.717, 1.165) is 24.3 Å². The molecule has 8 nitrogen and oxygen atoms in total. The van der Waals surface area contributed by atoms with Crippen molar-refractivity contribution >= 4 is 29.0 Å². The van der Waals surface area contributed by atoms with E-state index in [0.29, 0.717) is 30.4 Å². The number of anilines is 4. The molecule has 2 aromatic rings. The Kier molecular flexibility index (Phi) is 5.40. The summed E-state index contributed by atoms with van der Waals surface area (Å²) in [7, 11) is 3.04. The minimum atomic E-state index is -0.152. The summed E-state index contributed by atoms with van der Waals surface area (Å²) in [6.07, 6.45) is 2.92. The molecule has 0 spiro atoms. The number of nitrogens with two attached hydrogens (primary N) is 1. The van der Waals surface area contributed by atoms with Crippen molar-refractivity contribution < 1.29 is 14.3 Å². The number of nitrogen functional groups attached to an aromatic ring is 1. The third kappa shape index (κ3) is 3.79. The van der Waals surface area contributed by atoms with Crippen LogP contribution in [0.25, 0.3) is 0 Å². The zero-order valence-corrected chi connectivity index (χ0v) is 14.9. The van der Waals surface area contributed by atoms with Gasteiger partial charge in [0, 0.05) is 24.8 Å². The zero-order valence-electron chi connectivity index (χ0n) is 14.9. The SMILES string of the molecule is COC(=O)C1CCN(c2ncnc(Nc3cccc(OC)c3)c2N)CC1. The van der Waals surface area contributed by atoms with E-state index in [1.165, 1.54) is 13.4 Å². The Morgan fingerprint density at radius 3 is 2.73 bits per heavy atom. The fourth-order valence-electron chi connectivity index (χ4n) is 3.07. The molecule has 1 aliphatic heterocycles. The van der Waals surface area contributed by atoms with Crippen LogP contribution < -0.4 is 20.7 Å². The first-order valence-electron chi connectivity index (χ1n) is 8.46. The van der Waals surface area contributed by atoms with Crippen LogP contribution in [-0.4, -0.2) is 43.2 Å². The number of piperidine rings is 1. The minimum Gasteiger partial charge on any atom is -0.497 e. The van der Waals surface area contributed by atoms with Crippen LogP contribution in [0.5, 0.6) is 5.75 Å². The molecule has 3 N–H and O–H groups in total. The lowest BCUT2D eigenvalue weighted by Crippen LogP contribution is -2.37. The topological polar surface area (TPSA) is 103 Å². The summed E-state index contributed by atoms with van der Waals surface area (Å²) in [5.41, 5.74) is 7.60. The lowest BCUT2D eigenvalue weighted by molar-refractivity contribution is -0.146. The molecule has 1 saturated heterocycles. The third-order valence-corrected chi connectivity index (χ3v) is 4.52. The van der Waals surface area contributed by atoms with Crippen LogP contribution in [0.4, 0.5) is 23.0 Å². The van der Waals surface area contributed by atoms with E-state index in [9.17, 15) is 4.79 Å². The first kappa shape index (κ1) is 17.8. The number of hydrogen-bond acceptors (Lipinski definition) is 8. The number of nitrogens with one attached hydrogen (secondary N) is 1. The van der Waals surface area contributed by atoms with Crippen LogP contribution >= 0.6 is 0 Å². The van der Waals surface area contributed by atoms with E-state index in [1.807, 2.05) is 24.3 Å². The van der Waals surface area contributed by atoms with Gasteiger partial charge in [-0.2, -0.15) is 0 Å². The van der Waals surface area contributed by atoms with Crippen molar-refractivity contribution in [1.82, 2.24) is 9.97 Å². The monoisotopic (exact) mass is 357 g/mol. The van der Waals surface area contributed by atoms with Crippen molar-refractivity contribution in [2.45, 2.75) is 12.8 Å². The first-order chi connectivity index (χ1) is 12.6. The Bertz CT molecular complexity index is 775. The maximum absolute atomic E-state index is 11.7. The molecule has 1 aromatic carbocycles. The fourth-order valence-corrected chi connectivity index (χ4v) is 3.07. The average Bonchev–Trinajstić information content (AvgIpc) is 2.69. The Labute approximate surface area is 152 Å². The summed E-state index contributed by atoms with van der Waals surface area (Å²) < 4.78 is 10.1. The molecule has 138 valence electrons. The van der Waals surface area contributed by atoms with Gasteiger partial charge in [-0.15, -0.1) is 0 Å². The molecule has 1 aromatic heterocycles. The van der Waals surface area contributed by atoms with Gasteiger partial charge in [0.1, 0.15) is 17.8 Å². The Hall–Kier alpha value is -3.03. The van der Waals surface area contributed by atoms with Crippen LogP contribution in [0, 0.1) is 5.92 Å². The highest BCUT2D eigenvalue weighted by Crippen LogP contribution is 2.32. The van der Waals surface area contributed by atoms with Crippen LogP contribution in [0.3, 0.4) is 0 Å². The number of benzene rings is 1. The molecule has 0 saturated carbocycles. The summed E-state index contributed by atoms with van der Waals surface area (Å²) in [6.45, 7) is 1.39. The van der Waals surface area contributed by atoms with Crippen LogP contribution in [-0.2, 0) is 9.53 Å². The number of rotatable bonds is 5. The molecule has 2 heterocycles. The van der Waals surface area contributed by atoms with Crippen molar-refractivity contribution in [2.24, 2.45) is 5.92 Å². The highest BCUT2D eigenvalue weighted by Gasteiger charge is 2.27. The highest BCUT2D eigenvalue weighted by atomic mass is 16.5. The number of carbonyl (C=O) groups is 1. The summed E-state index contributed by atoms with van der Waals surface area (Å²) in [5.74, 6) is 1.74. The number of esters is 1. The van der Waals surface area contributed by atoms with E-state index in [4.69, 9.17) is 15.2 Å². The molecular weight excluding hydrogens is 334 g/mol. The molecule has 0 aliphatic carbocycles. The van der Waals surface area contributed by atoms with Gasteiger partial charge in [-0.25, -0.2) is 9.97 Å². The predicted molar refractivity (Wildman–Crippen MR) is 99.7 cm³/mol. The minimum absolute atomic E-state index is 0.0614. The summed E-state index contributed by atoms with van der Waals surface area (Å²) in [4.78, 5) is 22.3. The molecule has 3 rings (SSSR count). The van der Waals surface area contributed by atoms with Crippen LogP contribution in [0.15, 0.2) is 30.6 Å². The molecule has 0 atom stereocenters.